The molecule has 0 amide bonds. The fourth-order valence-corrected chi connectivity index (χ4v) is 1.60. The molecule has 0 spiro atoms. The Bertz CT molecular complexity index is 204. The van der Waals surface area contributed by atoms with Crippen LogP contribution >= 0.6 is 0 Å². The van der Waals surface area contributed by atoms with E-state index in [1.165, 1.54) is 0 Å². The zero-order valence-corrected chi connectivity index (χ0v) is 9.36. The molecule has 14 heavy (non-hydrogen) atoms. The van der Waals surface area contributed by atoms with Crippen LogP contribution < -0.4 is 5.73 Å². The molecule has 0 aromatic rings. The van der Waals surface area contributed by atoms with Gasteiger partial charge >= 0.3 is 0 Å². The molecule has 0 radical (unpaired) electrons. The highest BCUT2D eigenvalue weighted by Gasteiger charge is 2.24. The molecule has 0 aliphatic carbocycles. The van der Waals surface area contributed by atoms with Crippen LogP contribution in [0.15, 0.2) is 4.99 Å². The number of nitrogens with two attached hydrogens (primary N) is 1. The molecule has 1 fully saturated rings. The largest absolute Gasteiger partial charge is 0.385 e. The van der Waals surface area contributed by atoms with E-state index in [4.69, 9.17) is 10.5 Å². The van der Waals surface area contributed by atoms with Gasteiger partial charge in [0.1, 0.15) is 11.9 Å². The van der Waals surface area contributed by atoms with E-state index in [9.17, 15) is 0 Å². The van der Waals surface area contributed by atoms with Crippen molar-refractivity contribution in [3.05, 3.63) is 0 Å². The maximum Gasteiger partial charge on any atom is 0.127 e. The maximum absolute atomic E-state index is 5.82. The minimum Gasteiger partial charge on any atom is -0.385 e. The lowest BCUT2D eigenvalue weighted by Gasteiger charge is -2.35. The summed E-state index contributed by atoms with van der Waals surface area (Å²) >= 11 is 0. The summed E-state index contributed by atoms with van der Waals surface area (Å²) < 4.78 is 5.58. The highest BCUT2D eigenvalue weighted by Crippen LogP contribution is 2.08. The van der Waals surface area contributed by atoms with Gasteiger partial charge in [0.25, 0.3) is 0 Å². The molecule has 1 saturated heterocycles. The Morgan fingerprint density at radius 3 is 2.93 bits per heavy atom. The van der Waals surface area contributed by atoms with Crippen molar-refractivity contribution < 1.29 is 4.74 Å². The van der Waals surface area contributed by atoms with E-state index in [0.29, 0.717) is 11.9 Å². The number of hydrogen-bond acceptors (Lipinski definition) is 3. The van der Waals surface area contributed by atoms with Gasteiger partial charge in [-0.2, -0.15) is 0 Å². The van der Waals surface area contributed by atoms with Crippen molar-refractivity contribution in [2.75, 3.05) is 26.2 Å². The molecular weight excluding hydrogens is 178 g/mol. The summed E-state index contributed by atoms with van der Waals surface area (Å²) in [7, 11) is 0. The molecule has 82 valence electrons. The monoisotopic (exact) mass is 199 g/mol. The van der Waals surface area contributed by atoms with Crippen LogP contribution in [0, 0.1) is 0 Å². The molecular formula is C10H21N3O. The molecule has 1 rings (SSSR count). The lowest BCUT2D eigenvalue weighted by atomic mass is 10.2. The van der Waals surface area contributed by atoms with E-state index >= 15 is 0 Å². The molecule has 1 aliphatic heterocycles. The van der Waals surface area contributed by atoms with Crippen molar-refractivity contribution in [3.63, 3.8) is 0 Å². The Morgan fingerprint density at radius 2 is 2.36 bits per heavy atom. The first-order valence-electron chi connectivity index (χ1n) is 5.30. The van der Waals surface area contributed by atoms with Crippen LogP contribution in [-0.4, -0.2) is 49.1 Å². The Hall–Kier alpha value is -0.610. The third-order valence-electron chi connectivity index (χ3n) is 2.50. The van der Waals surface area contributed by atoms with E-state index < -0.39 is 0 Å². The third-order valence-corrected chi connectivity index (χ3v) is 2.50. The van der Waals surface area contributed by atoms with E-state index in [1.54, 1.807) is 0 Å². The molecule has 4 nitrogen and oxygen atoms in total. The molecule has 0 aromatic carbocycles. The summed E-state index contributed by atoms with van der Waals surface area (Å²) in [4.78, 5) is 6.55. The first-order valence-corrected chi connectivity index (χ1v) is 5.30. The predicted molar refractivity (Wildman–Crippen MR) is 58.6 cm³/mol. The van der Waals surface area contributed by atoms with Crippen LogP contribution in [0.5, 0.6) is 0 Å². The van der Waals surface area contributed by atoms with Gasteiger partial charge < -0.3 is 10.5 Å². The topological polar surface area (TPSA) is 50.8 Å². The normalized spacial score (nSPS) is 25.7. The van der Waals surface area contributed by atoms with Gasteiger partial charge in [0, 0.05) is 25.7 Å². The summed E-state index contributed by atoms with van der Waals surface area (Å²) in [6, 6.07) is 0.552. The quantitative estimate of drug-likeness (QED) is 0.531. The molecule has 0 aromatic heterocycles. The second kappa shape index (κ2) is 5.32. The summed E-state index contributed by atoms with van der Waals surface area (Å²) in [6.45, 7) is 9.71. The number of amidine groups is 1. The molecule has 1 atom stereocenters. The molecule has 1 heterocycles. The Balaban J connectivity index is 2.51. The third kappa shape index (κ3) is 2.96. The van der Waals surface area contributed by atoms with Crippen molar-refractivity contribution in [2.24, 2.45) is 10.7 Å². The van der Waals surface area contributed by atoms with Crippen molar-refractivity contribution in [3.8, 4) is 0 Å². The van der Waals surface area contributed by atoms with Crippen LogP contribution in [0.25, 0.3) is 0 Å². The predicted octanol–water partition coefficient (Wildman–Crippen LogP) is 0.473. The van der Waals surface area contributed by atoms with Gasteiger partial charge in [-0.3, -0.25) is 9.89 Å². The Labute approximate surface area is 86.1 Å². The number of aliphatic imine (C=N–C) groups is 1. The van der Waals surface area contributed by atoms with Gasteiger partial charge in [0.05, 0.1) is 6.61 Å². The van der Waals surface area contributed by atoms with E-state index in [2.05, 4.69) is 23.7 Å². The van der Waals surface area contributed by atoms with Crippen molar-refractivity contribution in [2.45, 2.75) is 32.9 Å². The zero-order valence-electron chi connectivity index (χ0n) is 9.36. The van der Waals surface area contributed by atoms with Crippen LogP contribution in [0.3, 0.4) is 0 Å². The highest BCUT2D eigenvalue weighted by molar-refractivity contribution is 5.85. The SMILES string of the molecule is CCN=C(N)C1CN(C(C)C)CCO1. The molecule has 0 bridgehead atoms. The Kier molecular flexibility index (Phi) is 4.35. The molecule has 2 N–H and O–H groups in total. The number of ether oxygens (including phenoxy) is 1. The van der Waals surface area contributed by atoms with Gasteiger partial charge in [-0.05, 0) is 20.8 Å². The summed E-state index contributed by atoms with van der Waals surface area (Å²) in [6.07, 6.45) is -0.00824. The number of hydrogen-bond donors (Lipinski definition) is 1. The van der Waals surface area contributed by atoms with Crippen LogP contribution in [0.2, 0.25) is 0 Å². The second-order valence-corrected chi connectivity index (χ2v) is 3.85. The highest BCUT2D eigenvalue weighted by atomic mass is 16.5. The van der Waals surface area contributed by atoms with Crippen LogP contribution in [-0.2, 0) is 4.74 Å². The first-order chi connectivity index (χ1) is 6.65. The lowest BCUT2D eigenvalue weighted by molar-refractivity contribution is -0.00615. The minimum atomic E-state index is -0.00824. The van der Waals surface area contributed by atoms with Gasteiger partial charge in [0.15, 0.2) is 0 Å². The van der Waals surface area contributed by atoms with E-state index in [-0.39, 0.29) is 6.10 Å². The van der Waals surface area contributed by atoms with Crippen LogP contribution in [0.1, 0.15) is 20.8 Å². The minimum absolute atomic E-state index is 0.00824. The van der Waals surface area contributed by atoms with E-state index in [0.717, 1.165) is 26.2 Å². The fourth-order valence-electron chi connectivity index (χ4n) is 1.60. The summed E-state index contributed by atoms with van der Waals surface area (Å²) in [5.41, 5.74) is 5.82. The standard InChI is InChI=1S/C10H21N3O/c1-4-12-10(11)9-7-13(8(2)3)5-6-14-9/h8-9H,4-7H2,1-3H3,(H2,11,12). The lowest BCUT2D eigenvalue weighted by Crippen LogP contribution is -2.50. The maximum atomic E-state index is 5.82. The van der Waals surface area contributed by atoms with Crippen LogP contribution in [0.4, 0.5) is 0 Å². The average molecular weight is 199 g/mol. The van der Waals surface area contributed by atoms with Gasteiger partial charge in [-0.15, -0.1) is 0 Å². The zero-order chi connectivity index (χ0) is 10.6. The molecule has 1 unspecified atom stereocenters. The fraction of sp³-hybridized carbons (Fsp3) is 0.900. The van der Waals surface area contributed by atoms with Crippen molar-refractivity contribution in [1.82, 2.24) is 4.90 Å². The first kappa shape index (κ1) is 11.5. The van der Waals surface area contributed by atoms with E-state index in [1.807, 2.05) is 6.92 Å². The van der Waals surface area contributed by atoms with Gasteiger partial charge in [-0.25, -0.2) is 0 Å². The van der Waals surface area contributed by atoms with Crippen molar-refractivity contribution >= 4 is 5.84 Å². The summed E-state index contributed by atoms with van der Waals surface area (Å²) in [5.74, 6) is 0.637. The molecule has 1 aliphatic rings. The molecule has 4 heteroatoms. The van der Waals surface area contributed by atoms with Gasteiger partial charge in [0.2, 0.25) is 0 Å². The van der Waals surface area contributed by atoms with Crippen molar-refractivity contribution in [1.29, 1.82) is 0 Å². The number of rotatable bonds is 3. The summed E-state index contributed by atoms with van der Waals surface area (Å²) in [5, 5.41) is 0. The number of morpholine rings is 1. The molecule has 0 saturated carbocycles. The second-order valence-electron chi connectivity index (χ2n) is 3.85. The van der Waals surface area contributed by atoms with Gasteiger partial charge in [-0.1, -0.05) is 0 Å². The Morgan fingerprint density at radius 1 is 1.64 bits per heavy atom. The smallest absolute Gasteiger partial charge is 0.127 e. The number of nitrogens with zero attached hydrogens (tertiary/aromatic N) is 2. The average Bonchev–Trinajstić information content (AvgIpc) is 2.18.